The van der Waals surface area contributed by atoms with Crippen molar-refractivity contribution in [2.24, 2.45) is 5.92 Å². The average Bonchev–Trinajstić information content (AvgIpc) is 2.49. The molecule has 1 rings (SSSR count). The highest BCUT2D eigenvalue weighted by Crippen LogP contribution is 2.23. The third-order valence-electron chi connectivity index (χ3n) is 3.43. The number of hydrogen-bond donors (Lipinski definition) is 1. The summed E-state index contributed by atoms with van der Waals surface area (Å²) in [4.78, 5) is 0. The summed E-state index contributed by atoms with van der Waals surface area (Å²) in [5, 5.41) is 8.50. The molecule has 0 aromatic rings. The van der Waals surface area contributed by atoms with Crippen molar-refractivity contribution in [1.82, 2.24) is 0 Å². The van der Waals surface area contributed by atoms with Crippen LogP contribution >= 0.6 is 0 Å². The second kappa shape index (κ2) is 13.8. The lowest BCUT2D eigenvalue weighted by Crippen LogP contribution is -2.16. The van der Waals surface area contributed by atoms with Crippen molar-refractivity contribution in [1.29, 1.82) is 0 Å². The topological polar surface area (TPSA) is 57.2 Å². The van der Waals surface area contributed by atoms with Gasteiger partial charge in [0.25, 0.3) is 0 Å². The predicted molar refractivity (Wildman–Crippen MR) is 76.9 cm³/mol. The molecule has 0 aromatic heterocycles. The summed E-state index contributed by atoms with van der Waals surface area (Å²) in [6.07, 6.45) is 6.78. The number of rotatable bonds is 13. The molecule has 5 nitrogen and oxygen atoms in total. The normalized spacial score (nSPS) is 16.6. The number of aliphatic hydroxyl groups is 1. The summed E-state index contributed by atoms with van der Waals surface area (Å²) in [7, 11) is 0. The van der Waals surface area contributed by atoms with Crippen LogP contribution in [0.2, 0.25) is 0 Å². The van der Waals surface area contributed by atoms with Gasteiger partial charge >= 0.3 is 0 Å². The summed E-state index contributed by atoms with van der Waals surface area (Å²) in [5.74, 6) is 0.769. The molecule has 1 aliphatic rings. The van der Waals surface area contributed by atoms with Crippen LogP contribution < -0.4 is 0 Å². The third-order valence-corrected chi connectivity index (χ3v) is 3.43. The van der Waals surface area contributed by atoms with Crippen molar-refractivity contribution in [3.63, 3.8) is 0 Å². The van der Waals surface area contributed by atoms with E-state index < -0.39 is 0 Å². The Balaban J connectivity index is 1.70. The molecular formula is C15H30O5. The minimum Gasteiger partial charge on any atom is -0.394 e. The maximum absolute atomic E-state index is 8.50. The van der Waals surface area contributed by atoms with Crippen molar-refractivity contribution in [3.05, 3.63) is 0 Å². The van der Waals surface area contributed by atoms with Crippen LogP contribution in [0.25, 0.3) is 0 Å². The average molecular weight is 290 g/mol. The Morgan fingerprint density at radius 1 is 0.650 bits per heavy atom. The van der Waals surface area contributed by atoms with Gasteiger partial charge in [-0.05, 0) is 18.8 Å². The van der Waals surface area contributed by atoms with E-state index in [9.17, 15) is 0 Å². The lowest BCUT2D eigenvalue weighted by Gasteiger charge is -2.21. The molecule has 0 bridgehead atoms. The highest BCUT2D eigenvalue weighted by atomic mass is 16.6. The van der Waals surface area contributed by atoms with Crippen molar-refractivity contribution in [2.75, 3.05) is 59.5 Å². The first-order valence-electron chi connectivity index (χ1n) is 7.85. The van der Waals surface area contributed by atoms with Crippen LogP contribution in [0.1, 0.15) is 32.1 Å². The fourth-order valence-electron chi connectivity index (χ4n) is 2.33. The molecule has 0 aliphatic heterocycles. The van der Waals surface area contributed by atoms with Crippen LogP contribution in [-0.2, 0) is 18.9 Å². The monoisotopic (exact) mass is 290 g/mol. The van der Waals surface area contributed by atoms with Crippen LogP contribution in [0.5, 0.6) is 0 Å². The molecule has 1 saturated carbocycles. The summed E-state index contributed by atoms with van der Waals surface area (Å²) >= 11 is 0. The van der Waals surface area contributed by atoms with E-state index in [-0.39, 0.29) is 6.61 Å². The van der Waals surface area contributed by atoms with Crippen molar-refractivity contribution in [2.45, 2.75) is 32.1 Å². The zero-order chi connectivity index (χ0) is 14.3. The van der Waals surface area contributed by atoms with E-state index in [1.54, 1.807) is 0 Å². The standard InChI is InChI=1S/C15H30O5/c16-6-7-17-8-9-18-10-11-19-12-13-20-14-15-4-2-1-3-5-15/h15-16H,1-14H2. The Morgan fingerprint density at radius 3 is 1.70 bits per heavy atom. The van der Waals surface area contributed by atoms with Crippen LogP contribution in [-0.4, -0.2) is 64.6 Å². The predicted octanol–water partition coefficient (Wildman–Crippen LogP) is 1.63. The molecule has 0 radical (unpaired) electrons. The van der Waals surface area contributed by atoms with Gasteiger partial charge in [-0.25, -0.2) is 0 Å². The fourth-order valence-corrected chi connectivity index (χ4v) is 2.33. The molecule has 120 valence electrons. The molecule has 0 amide bonds. The molecule has 0 heterocycles. The van der Waals surface area contributed by atoms with Gasteiger partial charge < -0.3 is 24.1 Å². The molecular weight excluding hydrogens is 260 g/mol. The van der Waals surface area contributed by atoms with Crippen LogP contribution in [0.15, 0.2) is 0 Å². The van der Waals surface area contributed by atoms with Gasteiger partial charge in [0.1, 0.15) is 0 Å². The van der Waals surface area contributed by atoms with E-state index in [0.717, 1.165) is 12.5 Å². The van der Waals surface area contributed by atoms with Crippen molar-refractivity contribution < 1.29 is 24.1 Å². The molecule has 5 heteroatoms. The quantitative estimate of drug-likeness (QED) is 0.522. The van der Waals surface area contributed by atoms with E-state index in [2.05, 4.69) is 0 Å². The van der Waals surface area contributed by atoms with Gasteiger partial charge in [-0.3, -0.25) is 0 Å². The number of ether oxygens (including phenoxy) is 4. The van der Waals surface area contributed by atoms with Crippen LogP contribution in [0.3, 0.4) is 0 Å². The van der Waals surface area contributed by atoms with Crippen LogP contribution in [0, 0.1) is 5.92 Å². The Morgan fingerprint density at radius 2 is 1.15 bits per heavy atom. The van der Waals surface area contributed by atoms with E-state index in [1.165, 1.54) is 32.1 Å². The Labute approximate surface area is 122 Å². The van der Waals surface area contributed by atoms with Gasteiger partial charge in [0.05, 0.1) is 52.9 Å². The van der Waals surface area contributed by atoms with Gasteiger partial charge in [0.15, 0.2) is 0 Å². The Kier molecular flexibility index (Phi) is 12.3. The smallest absolute Gasteiger partial charge is 0.0701 e. The van der Waals surface area contributed by atoms with E-state index in [0.29, 0.717) is 46.2 Å². The molecule has 0 unspecified atom stereocenters. The molecule has 20 heavy (non-hydrogen) atoms. The van der Waals surface area contributed by atoms with Crippen molar-refractivity contribution >= 4 is 0 Å². The van der Waals surface area contributed by atoms with E-state index in [4.69, 9.17) is 24.1 Å². The molecule has 0 atom stereocenters. The lowest BCUT2D eigenvalue weighted by atomic mass is 9.90. The lowest BCUT2D eigenvalue weighted by molar-refractivity contribution is -0.0103. The number of aliphatic hydroxyl groups excluding tert-OH is 1. The Bertz CT molecular complexity index is 195. The maximum atomic E-state index is 8.50. The molecule has 1 fully saturated rings. The minimum atomic E-state index is 0.0595. The Hall–Kier alpha value is -0.200. The van der Waals surface area contributed by atoms with Gasteiger partial charge in [-0.2, -0.15) is 0 Å². The second-order valence-corrected chi connectivity index (χ2v) is 5.14. The summed E-state index contributed by atoms with van der Waals surface area (Å²) in [5.41, 5.74) is 0. The fraction of sp³-hybridized carbons (Fsp3) is 1.00. The zero-order valence-electron chi connectivity index (χ0n) is 12.6. The van der Waals surface area contributed by atoms with E-state index >= 15 is 0 Å². The van der Waals surface area contributed by atoms with E-state index in [1.807, 2.05) is 0 Å². The van der Waals surface area contributed by atoms with Gasteiger partial charge in [-0.1, -0.05) is 19.3 Å². The second-order valence-electron chi connectivity index (χ2n) is 5.14. The van der Waals surface area contributed by atoms with Gasteiger partial charge in [-0.15, -0.1) is 0 Å². The third kappa shape index (κ3) is 10.6. The SMILES string of the molecule is OCCOCCOCCOCCOCC1CCCCC1. The highest BCUT2D eigenvalue weighted by Gasteiger charge is 2.12. The number of hydrogen-bond acceptors (Lipinski definition) is 5. The first-order valence-corrected chi connectivity index (χ1v) is 7.85. The minimum absolute atomic E-state index is 0.0595. The first-order chi connectivity index (χ1) is 9.93. The van der Waals surface area contributed by atoms with Gasteiger partial charge in [0.2, 0.25) is 0 Å². The summed E-state index contributed by atoms with van der Waals surface area (Å²) < 4.78 is 21.4. The highest BCUT2D eigenvalue weighted by molar-refractivity contribution is 4.64. The first kappa shape index (κ1) is 17.9. The summed E-state index contributed by atoms with van der Waals surface area (Å²) in [6.45, 7) is 4.86. The molecule has 0 spiro atoms. The van der Waals surface area contributed by atoms with Gasteiger partial charge in [0, 0.05) is 6.61 Å². The molecule has 1 N–H and O–H groups in total. The van der Waals surface area contributed by atoms with Crippen molar-refractivity contribution in [3.8, 4) is 0 Å². The largest absolute Gasteiger partial charge is 0.394 e. The van der Waals surface area contributed by atoms with Crippen LogP contribution in [0.4, 0.5) is 0 Å². The molecule has 1 aliphatic carbocycles. The maximum Gasteiger partial charge on any atom is 0.0701 e. The zero-order valence-corrected chi connectivity index (χ0v) is 12.6. The summed E-state index contributed by atoms with van der Waals surface area (Å²) in [6, 6.07) is 0. The molecule has 0 saturated heterocycles. The molecule has 0 aromatic carbocycles.